The number of pyridine rings is 1. The number of urea groups is 1. The molecular weight excluding hydrogens is 457 g/mol. The van der Waals surface area contributed by atoms with Gasteiger partial charge in [0.05, 0.1) is 47.4 Å². The number of nitrogens with zero attached hydrogens (tertiary/aromatic N) is 8. The summed E-state index contributed by atoms with van der Waals surface area (Å²) in [5.41, 5.74) is 2.23. The summed E-state index contributed by atoms with van der Waals surface area (Å²) in [7, 11) is 0. The standard InChI is InChI=1S/C18H17Cl2N11O/c19-12-7-11(8-22-16(12)31-23-1-2-24-31)26-18(32)27-13-9-25-30-10-14(20)28-17(30)15(13)29-5-3-21-4-6-29/h1-2,7-10,21H,3-6H2,(H2,26,27,32). The third-order valence-corrected chi connectivity index (χ3v) is 5.27. The monoisotopic (exact) mass is 473 g/mol. The molecule has 32 heavy (non-hydrogen) atoms. The average molecular weight is 474 g/mol. The Kier molecular flexibility index (Phi) is 5.47. The Morgan fingerprint density at radius 1 is 1.06 bits per heavy atom. The van der Waals surface area contributed by atoms with Crippen molar-refractivity contribution in [3.8, 4) is 5.82 Å². The van der Waals surface area contributed by atoms with Crippen LogP contribution in [0.4, 0.5) is 21.9 Å². The highest BCUT2D eigenvalue weighted by Crippen LogP contribution is 2.31. The van der Waals surface area contributed by atoms with E-state index in [4.69, 9.17) is 23.2 Å². The molecule has 0 atom stereocenters. The number of halogens is 2. The molecule has 0 aromatic carbocycles. The number of hydrogen-bond donors (Lipinski definition) is 3. The molecule has 164 valence electrons. The van der Waals surface area contributed by atoms with Crippen molar-refractivity contribution < 1.29 is 4.79 Å². The molecule has 0 unspecified atom stereocenters. The van der Waals surface area contributed by atoms with Crippen molar-refractivity contribution in [2.45, 2.75) is 0 Å². The predicted molar refractivity (Wildman–Crippen MR) is 120 cm³/mol. The number of rotatable bonds is 4. The second-order valence-corrected chi connectivity index (χ2v) is 7.70. The van der Waals surface area contributed by atoms with Gasteiger partial charge in [-0.3, -0.25) is 0 Å². The highest BCUT2D eigenvalue weighted by atomic mass is 35.5. The third kappa shape index (κ3) is 4.02. The van der Waals surface area contributed by atoms with Gasteiger partial charge in [-0.25, -0.2) is 19.3 Å². The smallest absolute Gasteiger partial charge is 0.323 e. The molecule has 1 fully saturated rings. The third-order valence-electron chi connectivity index (χ3n) is 4.81. The molecule has 5 rings (SSSR count). The second kappa shape index (κ2) is 8.57. The first kappa shape index (κ1) is 20.4. The molecule has 0 aliphatic carbocycles. The molecule has 12 nitrogen and oxygen atoms in total. The Labute approximate surface area is 191 Å². The van der Waals surface area contributed by atoms with Gasteiger partial charge in [-0.1, -0.05) is 23.2 Å². The minimum atomic E-state index is -0.479. The highest BCUT2D eigenvalue weighted by Gasteiger charge is 2.21. The summed E-state index contributed by atoms with van der Waals surface area (Å²) >= 11 is 12.4. The van der Waals surface area contributed by atoms with E-state index in [0.717, 1.165) is 31.9 Å². The summed E-state index contributed by atoms with van der Waals surface area (Å²) in [4.78, 5) is 24.8. The van der Waals surface area contributed by atoms with Crippen LogP contribution in [0, 0.1) is 0 Å². The van der Waals surface area contributed by atoms with Gasteiger partial charge in [-0.15, -0.1) is 4.80 Å². The van der Waals surface area contributed by atoms with E-state index in [1.165, 1.54) is 23.4 Å². The number of aromatic nitrogens is 7. The molecular formula is C18H17Cl2N11O. The van der Waals surface area contributed by atoms with E-state index in [-0.39, 0.29) is 5.02 Å². The van der Waals surface area contributed by atoms with Gasteiger partial charge in [0.1, 0.15) is 10.8 Å². The number of fused-ring (bicyclic) bond motifs is 1. The van der Waals surface area contributed by atoms with Crippen LogP contribution in [0.1, 0.15) is 0 Å². The van der Waals surface area contributed by atoms with Crippen LogP contribution in [0.5, 0.6) is 0 Å². The van der Waals surface area contributed by atoms with Crippen molar-refractivity contribution in [1.29, 1.82) is 0 Å². The summed E-state index contributed by atoms with van der Waals surface area (Å²) in [5, 5.41) is 21.8. The first-order chi connectivity index (χ1) is 15.6. The number of carbonyl (C=O) groups is 1. The molecule has 1 aliphatic heterocycles. The predicted octanol–water partition coefficient (Wildman–Crippen LogP) is 2.07. The van der Waals surface area contributed by atoms with Gasteiger partial charge in [0.15, 0.2) is 11.5 Å². The van der Waals surface area contributed by atoms with E-state index < -0.39 is 6.03 Å². The summed E-state index contributed by atoms with van der Waals surface area (Å²) in [5.74, 6) is 0.356. The molecule has 5 heterocycles. The molecule has 0 radical (unpaired) electrons. The van der Waals surface area contributed by atoms with Gasteiger partial charge in [0.25, 0.3) is 0 Å². The van der Waals surface area contributed by atoms with Gasteiger partial charge in [0.2, 0.25) is 0 Å². The van der Waals surface area contributed by atoms with Crippen LogP contribution in [0.2, 0.25) is 10.2 Å². The summed E-state index contributed by atoms with van der Waals surface area (Å²) in [6, 6.07) is 1.09. The lowest BCUT2D eigenvalue weighted by Crippen LogP contribution is -2.44. The molecule has 4 aromatic rings. The van der Waals surface area contributed by atoms with Crippen LogP contribution in [-0.4, -0.2) is 66.8 Å². The van der Waals surface area contributed by atoms with E-state index in [2.05, 4.69) is 46.1 Å². The molecule has 14 heteroatoms. The Morgan fingerprint density at radius 3 is 2.59 bits per heavy atom. The molecule has 0 bridgehead atoms. The first-order valence-electron chi connectivity index (χ1n) is 9.68. The fraction of sp³-hybridized carbons (Fsp3) is 0.222. The molecule has 2 amide bonds. The number of anilines is 3. The van der Waals surface area contributed by atoms with E-state index in [9.17, 15) is 4.79 Å². The maximum Gasteiger partial charge on any atom is 0.323 e. The molecule has 0 spiro atoms. The van der Waals surface area contributed by atoms with Crippen LogP contribution in [0.3, 0.4) is 0 Å². The fourth-order valence-corrected chi connectivity index (χ4v) is 3.86. The zero-order chi connectivity index (χ0) is 22.1. The lowest BCUT2D eigenvalue weighted by Gasteiger charge is -2.30. The number of hydrogen-bond acceptors (Lipinski definition) is 8. The SMILES string of the molecule is O=C(Nc1cnc(-n2nccn2)c(Cl)c1)Nc1cnn2cc(Cl)nc2c1N1CCNCC1. The highest BCUT2D eigenvalue weighted by molar-refractivity contribution is 6.32. The lowest BCUT2D eigenvalue weighted by atomic mass is 10.2. The van der Waals surface area contributed by atoms with Crippen molar-refractivity contribution >= 4 is 51.9 Å². The Morgan fingerprint density at radius 2 is 1.84 bits per heavy atom. The Balaban J connectivity index is 1.39. The van der Waals surface area contributed by atoms with Crippen molar-refractivity contribution in [3.05, 3.63) is 47.2 Å². The van der Waals surface area contributed by atoms with Crippen molar-refractivity contribution in [2.24, 2.45) is 0 Å². The molecule has 1 aliphatic rings. The van der Waals surface area contributed by atoms with E-state index in [0.29, 0.717) is 28.0 Å². The largest absolute Gasteiger partial charge is 0.364 e. The maximum absolute atomic E-state index is 12.7. The van der Waals surface area contributed by atoms with Crippen LogP contribution >= 0.6 is 23.2 Å². The minimum Gasteiger partial charge on any atom is -0.364 e. The molecule has 3 N–H and O–H groups in total. The Hall–Kier alpha value is -3.48. The molecule has 4 aromatic heterocycles. The summed E-state index contributed by atoms with van der Waals surface area (Å²) in [6.07, 6.45) is 7.70. The fourth-order valence-electron chi connectivity index (χ4n) is 3.44. The van der Waals surface area contributed by atoms with Gasteiger partial charge < -0.3 is 20.9 Å². The zero-order valence-electron chi connectivity index (χ0n) is 16.5. The van der Waals surface area contributed by atoms with E-state index in [1.54, 1.807) is 23.0 Å². The van der Waals surface area contributed by atoms with Gasteiger partial charge in [0, 0.05) is 26.2 Å². The number of carbonyl (C=O) groups excluding carboxylic acids is 1. The average Bonchev–Trinajstić information content (AvgIpc) is 3.43. The van der Waals surface area contributed by atoms with Gasteiger partial charge in [-0.2, -0.15) is 15.3 Å². The summed E-state index contributed by atoms with van der Waals surface area (Å²) < 4.78 is 1.59. The maximum atomic E-state index is 12.7. The van der Waals surface area contributed by atoms with Crippen LogP contribution in [-0.2, 0) is 0 Å². The number of amides is 2. The van der Waals surface area contributed by atoms with Gasteiger partial charge >= 0.3 is 6.03 Å². The van der Waals surface area contributed by atoms with Crippen LogP contribution in [0.15, 0.2) is 37.1 Å². The lowest BCUT2D eigenvalue weighted by molar-refractivity contribution is 0.262. The number of nitrogens with one attached hydrogen (secondary N) is 3. The van der Waals surface area contributed by atoms with Crippen LogP contribution in [0.25, 0.3) is 11.5 Å². The summed E-state index contributed by atoms with van der Waals surface area (Å²) in [6.45, 7) is 3.14. The van der Waals surface area contributed by atoms with Crippen LogP contribution < -0.4 is 20.9 Å². The van der Waals surface area contributed by atoms with Crippen molar-refractivity contribution in [1.82, 2.24) is 39.9 Å². The quantitative estimate of drug-likeness (QED) is 0.410. The topological polar surface area (TPSA) is 130 Å². The number of imidazole rings is 1. The molecule has 1 saturated heterocycles. The zero-order valence-corrected chi connectivity index (χ0v) is 18.0. The normalized spacial score (nSPS) is 14.0. The second-order valence-electron chi connectivity index (χ2n) is 6.90. The minimum absolute atomic E-state index is 0.288. The van der Waals surface area contributed by atoms with E-state index >= 15 is 0 Å². The van der Waals surface area contributed by atoms with Crippen molar-refractivity contribution in [3.63, 3.8) is 0 Å². The number of piperazine rings is 1. The van der Waals surface area contributed by atoms with E-state index in [1.807, 2.05) is 0 Å². The first-order valence-corrected chi connectivity index (χ1v) is 10.4. The van der Waals surface area contributed by atoms with Crippen molar-refractivity contribution in [2.75, 3.05) is 41.7 Å². The van der Waals surface area contributed by atoms with Gasteiger partial charge in [-0.05, 0) is 6.07 Å². The Bertz CT molecular complexity index is 1270. The molecule has 0 saturated carbocycles.